The highest BCUT2D eigenvalue weighted by Gasteiger charge is 2.07. The normalized spacial score (nSPS) is 10.7. The lowest BCUT2D eigenvalue weighted by Gasteiger charge is -2.00. The highest BCUT2D eigenvalue weighted by atomic mass is 19.1. The number of halogens is 2. The zero-order valence-electron chi connectivity index (χ0n) is 6.88. The van der Waals surface area contributed by atoms with E-state index in [2.05, 4.69) is 9.97 Å². The highest BCUT2D eigenvalue weighted by molar-refractivity contribution is 5.81. The molecule has 1 aromatic carbocycles. The molecule has 0 saturated heterocycles. The molecule has 2 nitrogen and oxygen atoms in total. The van der Waals surface area contributed by atoms with Gasteiger partial charge in [0.25, 0.3) is 0 Å². The molecule has 4 heteroatoms. The first-order valence-electron chi connectivity index (χ1n) is 3.75. The largest absolute Gasteiger partial charge is 0.241 e. The Morgan fingerprint density at radius 3 is 2.69 bits per heavy atom. The summed E-state index contributed by atoms with van der Waals surface area (Å²) in [4.78, 5) is 7.60. The fourth-order valence-corrected chi connectivity index (χ4v) is 1.26. The summed E-state index contributed by atoms with van der Waals surface area (Å²) < 4.78 is 25.9. The molecule has 0 fully saturated rings. The Morgan fingerprint density at radius 1 is 1.15 bits per heavy atom. The summed E-state index contributed by atoms with van der Waals surface area (Å²) in [6, 6.07) is 2.02. The van der Waals surface area contributed by atoms with Crippen LogP contribution in [0.2, 0.25) is 0 Å². The van der Waals surface area contributed by atoms with Gasteiger partial charge in [-0.2, -0.15) is 0 Å². The third kappa shape index (κ3) is 1.24. The summed E-state index contributed by atoms with van der Waals surface area (Å²) in [5.74, 6) is -1.24. The van der Waals surface area contributed by atoms with Crippen LogP contribution >= 0.6 is 0 Å². The van der Waals surface area contributed by atoms with Crippen LogP contribution in [-0.4, -0.2) is 9.97 Å². The molecule has 0 amide bonds. The SMILES string of the molecule is Cc1ncnc2cc(F)cc(F)c12. The second-order valence-electron chi connectivity index (χ2n) is 2.74. The summed E-state index contributed by atoms with van der Waals surface area (Å²) in [7, 11) is 0. The number of nitrogens with zero attached hydrogens (tertiary/aromatic N) is 2. The minimum atomic E-state index is -0.622. The molecular weight excluding hydrogens is 174 g/mol. The zero-order valence-corrected chi connectivity index (χ0v) is 6.88. The van der Waals surface area contributed by atoms with Crippen LogP contribution in [0.5, 0.6) is 0 Å². The van der Waals surface area contributed by atoms with E-state index in [1.54, 1.807) is 6.92 Å². The third-order valence-corrected chi connectivity index (χ3v) is 1.84. The lowest BCUT2D eigenvalue weighted by Crippen LogP contribution is -1.91. The van der Waals surface area contributed by atoms with Crippen molar-refractivity contribution < 1.29 is 8.78 Å². The van der Waals surface area contributed by atoms with Gasteiger partial charge < -0.3 is 0 Å². The first-order chi connectivity index (χ1) is 6.18. The van der Waals surface area contributed by atoms with Gasteiger partial charge in [-0.25, -0.2) is 18.7 Å². The first-order valence-corrected chi connectivity index (χ1v) is 3.75. The quantitative estimate of drug-likeness (QED) is 0.621. The Bertz CT molecular complexity index is 468. The van der Waals surface area contributed by atoms with Crippen LogP contribution in [0.3, 0.4) is 0 Å². The molecule has 1 aromatic heterocycles. The van der Waals surface area contributed by atoms with Gasteiger partial charge in [-0.1, -0.05) is 0 Å². The van der Waals surface area contributed by atoms with Gasteiger partial charge in [-0.15, -0.1) is 0 Å². The van der Waals surface area contributed by atoms with Gasteiger partial charge >= 0.3 is 0 Å². The number of aryl methyl sites for hydroxylation is 1. The maximum Gasteiger partial charge on any atom is 0.137 e. The van der Waals surface area contributed by atoms with Gasteiger partial charge in [0.2, 0.25) is 0 Å². The third-order valence-electron chi connectivity index (χ3n) is 1.84. The molecule has 2 rings (SSSR count). The Balaban J connectivity index is 2.94. The van der Waals surface area contributed by atoms with Crippen molar-refractivity contribution in [2.24, 2.45) is 0 Å². The van der Waals surface area contributed by atoms with Crippen molar-refractivity contribution in [1.82, 2.24) is 9.97 Å². The van der Waals surface area contributed by atoms with Gasteiger partial charge in [0, 0.05) is 12.1 Å². The first kappa shape index (κ1) is 8.04. The summed E-state index contributed by atoms with van der Waals surface area (Å²) in [6.45, 7) is 1.66. The smallest absolute Gasteiger partial charge is 0.137 e. The molecule has 0 saturated carbocycles. The summed E-state index contributed by atoms with van der Waals surface area (Å²) in [5.41, 5.74) is 0.813. The van der Waals surface area contributed by atoms with Crippen LogP contribution in [0.15, 0.2) is 18.5 Å². The molecule has 0 N–H and O–H groups in total. The standard InChI is InChI=1S/C9H6F2N2/c1-5-9-7(11)2-6(10)3-8(9)13-4-12-5/h2-4H,1H3. The summed E-state index contributed by atoms with van der Waals surface area (Å²) in [5, 5.41) is 0.281. The molecule has 0 unspecified atom stereocenters. The van der Waals surface area contributed by atoms with E-state index >= 15 is 0 Å². The average Bonchev–Trinajstić information content (AvgIpc) is 2.02. The van der Waals surface area contributed by atoms with E-state index in [1.165, 1.54) is 12.4 Å². The van der Waals surface area contributed by atoms with E-state index in [4.69, 9.17) is 0 Å². The van der Waals surface area contributed by atoms with E-state index in [-0.39, 0.29) is 5.39 Å². The summed E-state index contributed by atoms with van der Waals surface area (Å²) >= 11 is 0. The van der Waals surface area contributed by atoms with Gasteiger partial charge in [-0.05, 0) is 6.92 Å². The fraction of sp³-hybridized carbons (Fsp3) is 0.111. The molecule has 0 atom stereocenters. The number of benzene rings is 1. The van der Waals surface area contributed by atoms with E-state index < -0.39 is 11.6 Å². The molecule has 0 spiro atoms. The maximum atomic E-state index is 13.2. The van der Waals surface area contributed by atoms with Gasteiger partial charge in [-0.3, -0.25) is 0 Å². The van der Waals surface area contributed by atoms with E-state index in [0.29, 0.717) is 11.2 Å². The number of aromatic nitrogens is 2. The topological polar surface area (TPSA) is 25.8 Å². The van der Waals surface area contributed by atoms with Crippen LogP contribution in [0.1, 0.15) is 5.69 Å². The van der Waals surface area contributed by atoms with E-state index in [1.807, 2.05) is 0 Å². The van der Waals surface area contributed by atoms with Gasteiger partial charge in [0.1, 0.15) is 18.0 Å². The predicted octanol–water partition coefficient (Wildman–Crippen LogP) is 2.22. The van der Waals surface area contributed by atoms with Crippen LogP contribution in [0.25, 0.3) is 10.9 Å². The van der Waals surface area contributed by atoms with Crippen molar-refractivity contribution >= 4 is 10.9 Å². The molecule has 0 aliphatic carbocycles. The lowest BCUT2D eigenvalue weighted by atomic mass is 10.2. The van der Waals surface area contributed by atoms with Crippen LogP contribution in [-0.2, 0) is 0 Å². The van der Waals surface area contributed by atoms with Gasteiger partial charge in [0.15, 0.2) is 0 Å². The molecule has 0 bridgehead atoms. The Hall–Kier alpha value is -1.58. The van der Waals surface area contributed by atoms with Crippen molar-refractivity contribution in [2.45, 2.75) is 6.92 Å². The van der Waals surface area contributed by atoms with Crippen LogP contribution in [0, 0.1) is 18.6 Å². The average molecular weight is 180 g/mol. The minimum Gasteiger partial charge on any atom is -0.241 e. The Morgan fingerprint density at radius 2 is 1.92 bits per heavy atom. The van der Waals surface area contributed by atoms with Crippen LogP contribution in [0.4, 0.5) is 8.78 Å². The number of fused-ring (bicyclic) bond motifs is 1. The van der Waals surface area contributed by atoms with Crippen molar-refractivity contribution in [3.63, 3.8) is 0 Å². The highest BCUT2D eigenvalue weighted by Crippen LogP contribution is 2.19. The van der Waals surface area contributed by atoms with Crippen molar-refractivity contribution in [3.8, 4) is 0 Å². The van der Waals surface area contributed by atoms with Crippen molar-refractivity contribution in [1.29, 1.82) is 0 Å². The maximum absolute atomic E-state index is 13.2. The molecule has 0 aliphatic rings. The molecule has 1 heterocycles. The molecular formula is C9H6F2N2. The monoisotopic (exact) mass is 180 g/mol. The summed E-state index contributed by atoms with van der Waals surface area (Å²) in [6.07, 6.45) is 1.29. The molecule has 66 valence electrons. The molecule has 13 heavy (non-hydrogen) atoms. The minimum absolute atomic E-state index is 0.281. The van der Waals surface area contributed by atoms with Crippen molar-refractivity contribution in [3.05, 3.63) is 35.8 Å². The molecule has 2 aromatic rings. The Labute approximate surface area is 73.2 Å². The lowest BCUT2D eigenvalue weighted by molar-refractivity contribution is 0.591. The zero-order chi connectivity index (χ0) is 9.42. The number of rotatable bonds is 0. The fourth-order valence-electron chi connectivity index (χ4n) is 1.26. The second-order valence-corrected chi connectivity index (χ2v) is 2.74. The molecule has 0 radical (unpaired) electrons. The Kier molecular flexibility index (Phi) is 1.69. The predicted molar refractivity (Wildman–Crippen MR) is 44.2 cm³/mol. The second kappa shape index (κ2) is 2.73. The molecule has 0 aliphatic heterocycles. The van der Waals surface area contributed by atoms with E-state index in [9.17, 15) is 8.78 Å². The van der Waals surface area contributed by atoms with Gasteiger partial charge in [0.05, 0.1) is 16.6 Å². The van der Waals surface area contributed by atoms with E-state index in [0.717, 1.165) is 6.07 Å². The van der Waals surface area contributed by atoms with Crippen molar-refractivity contribution in [2.75, 3.05) is 0 Å². The number of hydrogen-bond donors (Lipinski definition) is 0. The number of hydrogen-bond acceptors (Lipinski definition) is 2. The van der Waals surface area contributed by atoms with Crippen LogP contribution < -0.4 is 0 Å².